The molecule has 4 nitrogen and oxygen atoms in total. The van der Waals surface area contributed by atoms with Crippen molar-refractivity contribution in [2.75, 3.05) is 13.2 Å². The van der Waals surface area contributed by atoms with Crippen LogP contribution in [0.5, 0.6) is 0 Å². The maximum Gasteiger partial charge on any atom is 0.122 e. The molecule has 0 radical (unpaired) electrons. The second-order valence-electron chi connectivity index (χ2n) is 4.25. The van der Waals surface area contributed by atoms with E-state index in [2.05, 4.69) is 17.2 Å². The Balaban J connectivity index is 2.24. The Hall–Kier alpha value is -0.870. The fourth-order valence-corrected chi connectivity index (χ4v) is 1.89. The van der Waals surface area contributed by atoms with Crippen LogP contribution in [0.4, 0.5) is 0 Å². The van der Waals surface area contributed by atoms with Gasteiger partial charge in [-0.15, -0.1) is 0 Å². The SMILES string of the molecule is CCCC(CCO)CNCc1nccn1C. The normalized spacial score (nSPS) is 12.9. The topological polar surface area (TPSA) is 50.1 Å². The zero-order chi connectivity index (χ0) is 11.8. The highest BCUT2D eigenvalue weighted by molar-refractivity contribution is 4.90. The number of nitrogens with zero attached hydrogens (tertiary/aromatic N) is 2. The smallest absolute Gasteiger partial charge is 0.122 e. The molecule has 0 fully saturated rings. The first-order chi connectivity index (χ1) is 7.77. The van der Waals surface area contributed by atoms with E-state index in [9.17, 15) is 0 Å². The molecule has 0 saturated heterocycles. The van der Waals surface area contributed by atoms with Crippen LogP contribution in [0.2, 0.25) is 0 Å². The Morgan fingerprint density at radius 2 is 2.31 bits per heavy atom. The van der Waals surface area contributed by atoms with Crippen LogP contribution in [0.25, 0.3) is 0 Å². The third-order valence-electron chi connectivity index (χ3n) is 2.87. The molecule has 16 heavy (non-hydrogen) atoms. The maximum atomic E-state index is 8.95. The van der Waals surface area contributed by atoms with E-state index in [4.69, 9.17) is 5.11 Å². The number of nitrogens with one attached hydrogen (secondary N) is 1. The summed E-state index contributed by atoms with van der Waals surface area (Å²) in [5, 5.41) is 12.4. The van der Waals surface area contributed by atoms with Crippen molar-refractivity contribution in [3.63, 3.8) is 0 Å². The molecular weight excluding hydrogens is 202 g/mol. The lowest BCUT2D eigenvalue weighted by atomic mass is 10.0. The van der Waals surface area contributed by atoms with E-state index >= 15 is 0 Å². The molecule has 0 spiro atoms. The Morgan fingerprint density at radius 1 is 1.50 bits per heavy atom. The van der Waals surface area contributed by atoms with Crippen molar-refractivity contribution in [3.8, 4) is 0 Å². The van der Waals surface area contributed by atoms with Gasteiger partial charge in [-0.05, 0) is 25.3 Å². The molecule has 0 aromatic carbocycles. The lowest BCUT2D eigenvalue weighted by molar-refractivity contribution is 0.247. The minimum absolute atomic E-state index is 0.286. The first kappa shape index (κ1) is 13.2. The summed E-state index contributed by atoms with van der Waals surface area (Å²) in [5.74, 6) is 1.63. The van der Waals surface area contributed by atoms with Gasteiger partial charge < -0.3 is 15.0 Å². The second kappa shape index (κ2) is 7.41. The van der Waals surface area contributed by atoms with Crippen LogP contribution in [-0.2, 0) is 13.6 Å². The first-order valence-corrected chi connectivity index (χ1v) is 6.05. The molecule has 0 aliphatic carbocycles. The molecule has 0 aliphatic rings. The van der Waals surface area contributed by atoms with Gasteiger partial charge in [-0.2, -0.15) is 0 Å². The fraction of sp³-hybridized carbons (Fsp3) is 0.750. The lowest BCUT2D eigenvalue weighted by Crippen LogP contribution is -2.24. The van der Waals surface area contributed by atoms with E-state index in [-0.39, 0.29) is 6.61 Å². The van der Waals surface area contributed by atoms with Crippen LogP contribution in [0.15, 0.2) is 12.4 Å². The zero-order valence-electron chi connectivity index (χ0n) is 10.3. The molecule has 1 rings (SSSR count). The molecule has 0 bridgehead atoms. The molecule has 0 amide bonds. The van der Waals surface area contributed by atoms with E-state index in [1.807, 2.05) is 24.0 Å². The predicted molar refractivity (Wildman–Crippen MR) is 65.0 cm³/mol. The van der Waals surface area contributed by atoms with E-state index < -0.39 is 0 Å². The minimum atomic E-state index is 0.286. The van der Waals surface area contributed by atoms with Gasteiger partial charge in [-0.25, -0.2) is 4.98 Å². The van der Waals surface area contributed by atoms with Crippen molar-refractivity contribution >= 4 is 0 Å². The van der Waals surface area contributed by atoms with Gasteiger partial charge in [0, 0.05) is 26.0 Å². The monoisotopic (exact) mass is 225 g/mol. The molecule has 0 saturated carbocycles. The average Bonchev–Trinajstić information content (AvgIpc) is 2.65. The number of aliphatic hydroxyl groups is 1. The standard InChI is InChI=1S/C12H23N3O/c1-3-4-11(5-8-16)9-13-10-12-14-6-7-15(12)2/h6-7,11,13,16H,3-5,8-10H2,1-2H3. The Morgan fingerprint density at radius 3 is 2.88 bits per heavy atom. The zero-order valence-corrected chi connectivity index (χ0v) is 10.3. The van der Waals surface area contributed by atoms with Crippen LogP contribution < -0.4 is 5.32 Å². The molecule has 0 aliphatic heterocycles. The van der Waals surface area contributed by atoms with Gasteiger partial charge in [0.25, 0.3) is 0 Å². The number of hydrogen-bond donors (Lipinski definition) is 2. The highest BCUT2D eigenvalue weighted by atomic mass is 16.3. The summed E-state index contributed by atoms with van der Waals surface area (Å²) >= 11 is 0. The van der Waals surface area contributed by atoms with Crippen LogP contribution >= 0.6 is 0 Å². The van der Waals surface area contributed by atoms with Crippen molar-refractivity contribution < 1.29 is 5.11 Å². The quantitative estimate of drug-likeness (QED) is 0.701. The van der Waals surface area contributed by atoms with Gasteiger partial charge >= 0.3 is 0 Å². The first-order valence-electron chi connectivity index (χ1n) is 6.05. The highest BCUT2D eigenvalue weighted by Gasteiger charge is 2.07. The third-order valence-corrected chi connectivity index (χ3v) is 2.87. The minimum Gasteiger partial charge on any atom is -0.396 e. The number of rotatable bonds is 8. The van der Waals surface area contributed by atoms with E-state index in [1.54, 1.807) is 0 Å². The lowest BCUT2D eigenvalue weighted by Gasteiger charge is -2.15. The third kappa shape index (κ3) is 4.33. The summed E-state index contributed by atoms with van der Waals surface area (Å²) in [4.78, 5) is 4.26. The van der Waals surface area contributed by atoms with Crippen molar-refractivity contribution in [3.05, 3.63) is 18.2 Å². The molecule has 1 atom stereocenters. The molecule has 2 N–H and O–H groups in total. The predicted octanol–water partition coefficient (Wildman–Crippen LogP) is 1.31. The second-order valence-corrected chi connectivity index (χ2v) is 4.25. The largest absolute Gasteiger partial charge is 0.396 e. The van der Waals surface area contributed by atoms with Gasteiger partial charge in [0.05, 0.1) is 6.54 Å². The van der Waals surface area contributed by atoms with Crippen LogP contribution in [0.1, 0.15) is 32.0 Å². The molecule has 1 heterocycles. The molecule has 1 aromatic heterocycles. The number of hydrogen-bond acceptors (Lipinski definition) is 3. The number of aliphatic hydroxyl groups excluding tert-OH is 1. The van der Waals surface area contributed by atoms with Crippen molar-refractivity contribution in [1.29, 1.82) is 0 Å². The summed E-state index contributed by atoms with van der Waals surface area (Å²) < 4.78 is 2.02. The summed E-state index contributed by atoms with van der Waals surface area (Å²) in [7, 11) is 2.00. The Labute approximate surface area is 97.7 Å². The molecule has 1 unspecified atom stereocenters. The Bertz CT molecular complexity index is 280. The molecule has 4 heteroatoms. The highest BCUT2D eigenvalue weighted by Crippen LogP contribution is 2.09. The van der Waals surface area contributed by atoms with Gasteiger partial charge in [0.2, 0.25) is 0 Å². The van der Waals surface area contributed by atoms with E-state index in [0.29, 0.717) is 5.92 Å². The number of imidazole rings is 1. The van der Waals surface area contributed by atoms with E-state index in [1.165, 1.54) is 12.8 Å². The maximum absolute atomic E-state index is 8.95. The number of aromatic nitrogens is 2. The Kier molecular flexibility index (Phi) is 6.11. The van der Waals surface area contributed by atoms with Crippen LogP contribution in [-0.4, -0.2) is 27.8 Å². The van der Waals surface area contributed by atoms with Gasteiger partial charge in [-0.1, -0.05) is 13.3 Å². The average molecular weight is 225 g/mol. The van der Waals surface area contributed by atoms with Crippen LogP contribution in [0, 0.1) is 5.92 Å². The molecule has 1 aromatic rings. The van der Waals surface area contributed by atoms with Gasteiger partial charge in [0.15, 0.2) is 0 Å². The van der Waals surface area contributed by atoms with Gasteiger partial charge in [-0.3, -0.25) is 0 Å². The van der Waals surface area contributed by atoms with Crippen molar-refractivity contribution in [2.24, 2.45) is 13.0 Å². The van der Waals surface area contributed by atoms with Crippen LogP contribution in [0.3, 0.4) is 0 Å². The summed E-state index contributed by atoms with van der Waals surface area (Å²) in [5.41, 5.74) is 0. The van der Waals surface area contributed by atoms with Crippen molar-refractivity contribution in [1.82, 2.24) is 14.9 Å². The molecule has 92 valence electrons. The summed E-state index contributed by atoms with van der Waals surface area (Å²) in [6.07, 6.45) is 7.01. The summed E-state index contributed by atoms with van der Waals surface area (Å²) in [6.45, 7) is 4.23. The van der Waals surface area contributed by atoms with Crippen molar-refractivity contribution in [2.45, 2.75) is 32.7 Å². The van der Waals surface area contributed by atoms with E-state index in [0.717, 1.165) is 25.3 Å². The number of aryl methyl sites for hydroxylation is 1. The summed E-state index contributed by atoms with van der Waals surface area (Å²) in [6, 6.07) is 0. The molecular formula is C12H23N3O. The van der Waals surface area contributed by atoms with Gasteiger partial charge in [0.1, 0.15) is 5.82 Å². The fourth-order valence-electron chi connectivity index (χ4n) is 1.89.